The van der Waals surface area contributed by atoms with Crippen molar-refractivity contribution >= 4 is 18.0 Å². The minimum atomic E-state index is -0.508. The minimum Gasteiger partial charge on any atom is -0.460 e. The molecule has 2 aliphatic rings. The van der Waals surface area contributed by atoms with Crippen molar-refractivity contribution in [3.05, 3.63) is 59.7 Å². The molecule has 0 spiro atoms. The number of carbonyl (C=O) groups excluding carboxylic acids is 3. The van der Waals surface area contributed by atoms with Crippen LogP contribution in [-0.2, 0) is 42.7 Å². The highest BCUT2D eigenvalue weighted by Crippen LogP contribution is 2.44. The summed E-state index contributed by atoms with van der Waals surface area (Å²) in [5.74, 6) is -0.525. The second-order valence-corrected chi connectivity index (χ2v) is 16.1. The van der Waals surface area contributed by atoms with Crippen LogP contribution in [0.15, 0.2) is 48.5 Å². The molecule has 0 aromatic heterocycles. The predicted octanol–water partition coefficient (Wildman–Crippen LogP) is 6.67. The molecule has 2 aliphatic carbocycles. The molecule has 2 aromatic carbocycles. The zero-order valence-electron chi connectivity index (χ0n) is 33.9. The molecule has 0 atom stereocenters. The molecule has 1 fully saturated rings. The normalized spacial score (nSPS) is 17.1. The van der Waals surface area contributed by atoms with Gasteiger partial charge in [-0.05, 0) is 89.5 Å². The van der Waals surface area contributed by atoms with Gasteiger partial charge >= 0.3 is 18.0 Å². The van der Waals surface area contributed by atoms with Gasteiger partial charge in [0.1, 0.15) is 17.8 Å². The zero-order valence-corrected chi connectivity index (χ0v) is 33.9. The Morgan fingerprint density at radius 2 is 1.05 bits per heavy atom. The van der Waals surface area contributed by atoms with E-state index in [2.05, 4.69) is 34.5 Å². The van der Waals surface area contributed by atoms with Gasteiger partial charge in [-0.1, -0.05) is 48.5 Å². The maximum Gasteiger partial charge on any atom is 0.407 e. The first-order chi connectivity index (χ1) is 26.3. The molecule has 12 heteroatoms. The van der Waals surface area contributed by atoms with Gasteiger partial charge in [0.25, 0.3) is 0 Å². The fourth-order valence-corrected chi connectivity index (χ4v) is 6.97. The van der Waals surface area contributed by atoms with Crippen LogP contribution < -0.4 is 5.32 Å². The lowest BCUT2D eigenvalue weighted by Crippen LogP contribution is -2.46. The van der Waals surface area contributed by atoms with Gasteiger partial charge in [0.05, 0.1) is 65.7 Å². The summed E-state index contributed by atoms with van der Waals surface area (Å²) in [6.07, 6.45) is 3.60. The fraction of sp³-hybridized carbons (Fsp3) is 0.651. The van der Waals surface area contributed by atoms with Crippen molar-refractivity contribution in [1.82, 2.24) is 10.2 Å². The maximum atomic E-state index is 13.0. The third-order valence-electron chi connectivity index (χ3n) is 9.41. The van der Waals surface area contributed by atoms with Crippen molar-refractivity contribution < 1.29 is 47.5 Å². The van der Waals surface area contributed by atoms with Crippen molar-refractivity contribution in [2.75, 3.05) is 72.6 Å². The van der Waals surface area contributed by atoms with E-state index in [4.69, 9.17) is 33.2 Å². The SMILES string of the molecule is CC(C)(C)OC(=O)CCOCCOCCN(CCOCCOCCC(=O)OC(C)(C)C)C1CCC(NC(=O)OCC2c3ccccc3-c3ccccc32)CC1. The summed E-state index contributed by atoms with van der Waals surface area (Å²) in [5.41, 5.74) is 3.79. The third kappa shape index (κ3) is 16.2. The molecule has 1 N–H and O–H groups in total. The van der Waals surface area contributed by atoms with Crippen molar-refractivity contribution in [2.24, 2.45) is 0 Å². The highest BCUT2D eigenvalue weighted by molar-refractivity contribution is 5.79. The van der Waals surface area contributed by atoms with Gasteiger partial charge in [-0.25, -0.2) is 4.79 Å². The van der Waals surface area contributed by atoms with Gasteiger partial charge in [0, 0.05) is 31.1 Å². The molecule has 0 saturated heterocycles. The van der Waals surface area contributed by atoms with Gasteiger partial charge in [-0.15, -0.1) is 0 Å². The monoisotopic (exact) mass is 768 g/mol. The molecule has 0 unspecified atom stereocenters. The Labute approximate surface area is 327 Å². The number of fused-ring (bicyclic) bond motifs is 3. The number of ether oxygens (including phenoxy) is 7. The number of benzene rings is 2. The van der Waals surface area contributed by atoms with Crippen molar-refractivity contribution in [3.63, 3.8) is 0 Å². The standard InChI is InChI=1S/C43H64N2O10/c1-42(2,3)54-39(46)19-23-49-27-29-51-25-21-45(22-26-52-30-28-50-24-20-40(47)55-43(4,5)6)33-17-15-32(16-18-33)44-41(48)53-31-38-36-13-9-7-11-34(36)35-12-8-10-14-37(35)38/h7-14,32-33,38H,15-31H2,1-6H3,(H,44,48). The molecule has 1 saturated carbocycles. The number of rotatable bonds is 22. The van der Waals surface area contributed by atoms with Gasteiger partial charge in [-0.2, -0.15) is 0 Å². The summed E-state index contributed by atoms with van der Waals surface area (Å²) in [4.78, 5) is 39.1. The lowest BCUT2D eigenvalue weighted by Gasteiger charge is -2.37. The quantitative estimate of drug-likeness (QED) is 0.0784. The highest BCUT2D eigenvalue weighted by Gasteiger charge is 2.30. The summed E-state index contributed by atoms with van der Waals surface area (Å²) in [5, 5.41) is 3.12. The van der Waals surface area contributed by atoms with Crippen LogP contribution >= 0.6 is 0 Å². The Balaban J connectivity index is 1.16. The number of esters is 2. The Bertz CT molecular complexity index is 1390. The number of carbonyl (C=O) groups is 3. The Kier molecular flexibility index (Phi) is 17.9. The molecule has 0 heterocycles. The minimum absolute atomic E-state index is 0.0273. The van der Waals surface area contributed by atoms with Crippen LogP contribution in [0, 0.1) is 0 Å². The number of nitrogens with one attached hydrogen (secondary N) is 1. The van der Waals surface area contributed by atoms with Crippen LogP contribution in [0.5, 0.6) is 0 Å². The molecule has 0 bridgehead atoms. The van der Waals surface area contributed by atoms with Crippen LogP contribution in [0.4, 0.5) is 4.79 Å². The van der Waals surface area contributed by atoms with Crippen molar-refractivity contribution in [2.45, 2.75) is 109 Å². The third-order valence-corrected chi connectivity index (χ3v) is 9.41. The number of alkyl carbamates (subject to hydrolysis) is 1. The van der Waals surface area contributed by atoms with E-state index in [1.807, 2.05) is 65.8 Å². The van der Waals surface area contributed by atoms with E-state index >= 15 is 0 Å². The average Bonchev–Trinajstić information content (AvgIpc) is 3.44. The number of nitrogens with zero attached hydrogens (tertiary/aromatic N) is 1. The Morgan fingerprint density at radius 3 is 1.51 bits per heavy atom. The molecule has 0 radical (unpaired) electrons. The lowest BCUT2D eigenvalue weighted by atomic mass is 9.90. The first kappa shape index (κ1) is 44.2. The number of amides is 1. The highest BCUT2D eigenvalue weighted by atomic mass is 16.6. The first-order valence-electron chi connectivity index (χ1n) is 19.9. The van der Waals surface area contributed by atoms with E-state index in [0.29, 0.717) is 65.5 Å². The van der Waals surface area contributed by atoms with Gasteiger partial charge in [-0.3, -0.25) is 14.5 Å². The van der Waals surface area contributed by atoms with E-state index in [1.54, 1.807) is 0 Å². The topological polar surface area (TPSA) is 131 Å². The van der Waals surface area contributed by atoms with Crippen LogP contribution in [0.25, 0.3) is 11.1 Å². The molecule has 2 aromatic rings. The van der Waals surface area contributed by atoms with Crippen molar-refractivity contribution in [1.29, 1.82) is 0 Å². The molecular weight excluding hydrogens is 704 g/mol. The zero-order chi connectivity index (χ0) is 39.7. The molecule has 1 amide bonds. The van der Waals surface area contributed by atoms with Gasteiger partial charge < -0.3 is 38.5 Å². The number of hydrogen-bond donors (Lipinski definition) is 1. The first-order valence-corrected chi connectivity index (χ1v) is 19.9. The molecule has 4 rings (SSSR count). The Hall–Kier alpha value is -3.55. The van der Waals surface area contributed by atoms with E-state index in [1.165, 1.54) is 22.3 Å². The van der Waals surface area contributed by atoms with Crippen molar-refractivity contribution in [3.8, 4) is 11.1 Å². The van der Waals surface area contributed by atoms with E-state index in [0.717, 1.165) is 38.8 Å². The molecule has 55 heavy (non-hydrogen) atoms. The second-order valence-electron chi connectivity index (χ2n) is 16.1. The largest absolute Gasteiger partial charge is 0.460 e. The summed E-state index contributed by atoms with van der Waals surface area (Å²) in [6.45, 7) is 16.1. The summed E-state index contributed by atoms with van der Waals surface area (Å²) >= 11 is 0. The maximum absolute atomic E-state index is 13.0. The smallest absolute Gasteiger partial charge is 0.407 e. The van der Waals surface area contributed by atoms with Crippen LogP contribution in [-0.4, -0.2) is 119 Å². The van der Waals surface area contributed by atoms with Gasteiger partial charge in [0.2, 0.25) is 0 Å². The molecule has 12 nitrogen and oxygen atoms in total. The van der Waals surface area contributed by atoms with E-state index < -0.39 is 11.2 Å². The van der Waals surface area contributed by atoms with E-state index in [-0.39, 0.29) is 42.8 Å². The molecular formula is C43H64N2O10. The summed E-state index contributed by atoms with van der Waals surface area (Å²) in [6, 6.07) is 17.0. The van der Waals surface area contributed by atoms with Crippen LogP contribution in [0.3, 0.4) is 0 Å². The lowest BCUT2D eigenvalue weighted by molar-refractivity contribution is -0.157. The molecule has 306 valence electrons. The summed E-state index contributed by atoms with van der Waals surface area (Å²) < 4.78 is 39.4. The Morgan fingerprint density at radius 1 is 0.618 bits per heavy atom. The average molecular weight is 769 g/mol. The summed E-state index contributed by atoms with van der Waals surface area (Å²) in [7, 11) is 0. The number of hydrogen-bond acceptors (Lipinski definition) is 11. The molecule has 0 aliphatic heterocycles. The van der Waals surface area contributed by atoms with E-state index in [9.17, 15) is 14.4 Å². The van der Waals surface area contributed by atoms with Crippen LogP contribution in [0.1, 0.15) is 97.1 Å². The fourth-order valence-electron chi connectivity index (χ4n) is 6.97. The van der Waals surface area contributed by atoms with Gasteiger partial charge in [0.15, 0.2) is 0 Å². The second kappa shape index (κ2) is 22.3. The predicted molar refractivity (Wildman–Crippen MR) is 210 cm³/mol. The van der Waals surface area contributed by atoms with Crippen LogP contribution in [0.2, 0.25) is 0 Å².